The summed E-state index contributed by atoms with van der Waals surface area (Å²) in [7, 11) is 2.01. The molecule has 1 fully saturated rings. The minimum Gasteiger partial charge on any atom is -0.319 e. The quantitative estimate of drug-likeness (QED) is 0.892. The van der Waals surface area contributed by atoms with Crippen LogP contribution in [-0.4, -0.2) is 13.6 Å². The summed E-state index contributed by atoms with van der Waals surface area (Å²) in [6.45, 7) is 1.08. The number of benzene rings is 1. The van der Waals surface area contributed by atoms with Gasteiger partial charge in [0.05, 0.1) is 0 Å². The van der Waals surface area contributed by atoms with Crippen molar-refractivity contribution < 1.29 is 4.39 Å². The molecule has 0 spiro atoms. The zero-order chi connectivity index (χ0) is 12.3. The average Bonchev–Trinajstić information content (AvgIpc) is 2.72. The average molecular weight is 300 g/mol. The fourth-order valence-corrected chi connectivity index (χ4v) is 3.30. The van der Waals surface area contributed by atoms with Crippen molar-refractivity contribution in [2.45, 2.75) is 25.7 Å². The first-order chi connectivity index (χ1) is 8.20. The molecule has 0 bridgehead atoms. The summed E-state index contributed by atoms with van der Waals surface area (Å²) in [6.07, 6.45) is 4.88. The van der Waals surface area contributed by atoms with Gasteiger partial charge < -0.3 is 5.32 Å². The van der Waals surface area contributed by atoms with Gasteiger partial charge in [0, 0.05) is 4.47 Å². The third-order valence-electron chi connectivity index (χ3n) is 3.77. The van der Waals surface area contributed by atoms with Crippen LogP contribution in [0.25, 0.3) is 0 Å². The second kappa shape index (κ2) is 5.96. The van der Waals surface area contributed by atoms with Gasteiger partial charge in [-0.05, 0) is 68.5 Å². The van der Waals surface area contributed by atoms with Crippen molar-refractivity contribution in [3.8, 4) is 0 Å². The van der Waals surface area contributed by atoms with E-state index in [1.165, 1.54) is 25.3 Å². The Hall–Kier alpha value is -0.410. The maximum Gasteiger partial charge on any atom is 0.123 e. The first kappa shape index (κ1) is 13.0. The maximum atomic E-state index is 13.2. The van der Waals surface area contributed by atoms with Gasteiger partial charge in [-0.15, -0.1) is 0 Å². The zero-order valence-electron chi connectivity index (χ0n) is 10.2. The number of halogens is 2. The van der Waals surface area contributed by atoms with E-state index in [2.05, 4.69) is 21.2 Å². The molecule has 0 amide bonds. The zero-order valence-corrected chi connectivity index (χ0v) is 11.8. The normalized spacial score (nSPS) is 24.2. The van der Waals surface area contributed by atoms with Crippen molar-refractivity contribution in [1.29, 1.82) is 0 Å². The predicted molar refractivity (Wildman–Crippen MR) is 72.6 cm³/mol. The molecule has 0 aromatic heterocycles. The lowest BCUT2D eigenvalue weighted by atomic mass is 9.89. The third kappa shape index (κ3) is 3.29. The Labute approximate surface area is 111 Å². The molecule has 1 aromatic carbocycles. The molecule has 1 aliphatic carbocycles. The van der Waals surface area contributed by atoms with E-state index in [0.717, 1.165) is 28.9 Å². The molecule has 2 unspecified atom stereocenters. The lowest BCUT2D eigenvalue weighted by Crippen LogP contribution is -2.23. The van der Waals surface area contributed by atoms with Crippen LogP contribution in [0.4, 0.5) is 4.39 Å². The van der Waals surface area contributed by atoms with Crippen LogP contribution in [0.3, 0.4) is 0 Å². The summed E-state index contributed by atoms with van der Waals surface area (Å²) in [4.78, 5) is 0. The summed E-state index contributed by atoms with van der Waals surface area (Å²) >= 11 is 3.51. The summed E-state index contributed by atoms with van der Waals surface area (Å²) in [6, 6.07) is 4.98. The van der Waals surface area contributed by atoms with E-state index >= 15 is 0 Å². The predicted octanol–water partition coefficient (Wildman–Crippen LogP) is 3.77. The van der Waals surface area contributed by atoms with Crippen molar-refractivity contribution in [1.82, 2.24) is 5.32 Å². The van der Waals surface area contributed by atoms with Gasteiger partial charge in [-0.3, -0.25) is 0 Å². The van der Waals surface area contributed by atoms with E-state index in [0.29, 0.717) is 5.92 Å². The SMILES string of the molecule is CNCC1CCCC1Cc1cc(F)ccc1Br. The van der Waals surface area contributed by atoms with Gasteiger partial charge >= 0.3 is 0 Å². The molecule has 2 atom stereocenters. The monoisotopic (exact) mass is 299 g/mol. The Morgan fingerprint density at radius 1 is 1.35 bits per heavy atom. The van der Waals surface area contributed by atoms with Crippen LogP contribution < -0.4 is 5.32 Å². The molecule has 1 aromatic rings. The Kier molecular flexibility index (Phi) is 4.57. The Morgan fingerprint density at radius 2 is 2.12 bits per heavy atom. The molecule has 17 heavy (non-hydrogen) atoms. The molecule has 0 radical (unpaired) electrons. The number of nitrogens with one attached hydrogen (secondary N) is 1. The fourth-order valence-electron chi connectivity index (χ4n) is 2.90. The fraction of sp³-hybridized carbons (Fsp3) is 0.571. The molecule has 94 valence electrons. The van der Waals surface area contributed by atoms with Crippen LogP contribution in [0, 0.1) is 17.7 Å². The van der Waals surface area contributed by atoms with E-state index in [4.69, 9.17) is 0 Å². The maximum absolute atomic E-state index is 13.2. The first-order valence-corrected chi connectivity index (χ1v) is 7.08. The van der Waals surface area contributed by atoms with E-state index < -0.39 is 0 Å². The highest BCUT2D eigenvalue weighted by Crippen LogP contribution is 2.35. The summed E-state index contributed by atoms with van der Waals surface area (Å²) in [5, 5.41) is 3.27. The van der Waals surface area contributed by atoms with Crippen molar-refractivity contribution in [2.75, 3.05) is 13.6 Å². The molecule has 0 aliphatic heterocycles. The molecule has 1 N–H and O–H groups in total. The van der Waals surface area contributed by atoms with Gasteiger partial charge in [-0.2, -0.15) is 0 Å². The van der Waals surface area contributed by atoms with Gasteiger partial charge in [0.25, 0.3) is 0 Å². The van der Waals surface area contributed by atoms with E-state index in [1.54, 1.807) is 6.07 Å². The smallest absolute Gasteiger partial charge is 0.123 e. The second-order valence-electron chi connectivity index (χ2n) is 4.95. The summed E-state index contributed by atoms with van der Waals surface area (Å²) in [5.74, 6) is 1.31. The molecule has 2 rings (SSSR count). The van der Waals surface area contributed by atoms with Gasteiger partial charge in [-0.1, -0.05) is 22.4 Å². The van der Waals surface area contributed by atoms with Gasteiger partial charge in [-0.25, -0.2) is 4.39 Å². The molecular formula is C14H19BrFN. The van der Waals surface area contributed by atoms with E-state index in [1.807, 2.05) is 13.1 Å². The van der Waals surface area contributed by atoms with Gasteiger partial charge in [0.2, 0.25) is 0 Å². The van der Waals surface area contributed by atoms with Crippen LogP contribution in [0.1, 0.15) is 24.8 Å². The second-order valence-corrected chi connectivity index (χ2v) is 5.80. The summed E-state index contributed by atoms with van der Waals surface area (Å²) in [5.41, 5.74) is 1.11. The molecule has 1 aliphatic rings. The van der Waals surface area contributed by atoms with E-state index in [9.17, 15) is 4.39 Å². The van der Waals surface area contributed by atoms with Crippen LogP contribution in [0.2, 0.25) is 0 Å². The molecule has 1 saturated carbocycles. The van der Waals surface area contributed by atoms with Gasteiger partial charge in [0.15, 0.2) is 0 Å². The third-order valence-corrected chi connectivity index (χ3v) is 4.55. The standard InChI is InChI=1S/C14H19BrFN/c1-17-9-11-4-2-3-10(11)7-12-8-13(16)5-6-14(12)15/h5-6,8,10-11,17H,2-4,7,9H2,1H3. The summed E-state index contributed by atoms with van der Waals surface area (Å²) < 4.78 is 14.3. The molecule has 0 heterocycles. The highest BCUT2D eigenvalue weighted by atomic mass is 79.9. The largest absolute Gasteiger partial charge is 0.319 e. The van der Waals surface area contributed by atoms with Crippen molar-refractivity contribution in [3.05, 3.63) is 34.1 Å². The lowest BCUT2D eigenvalue weighted by Gasteiger charge is -2.20. The van der Waals surface area contributed by atoms with Crippen molar-refractivity contribution in [2.24, 2.45) is 11.8 Å². The molecule has 3 heteroatoms. The minimum atomic E-state index is -0.133. The van der Waals surface area contributed by atoms with Crippen molar-refractivity contribution in [3.63, 3.8) is 0 Å². The topological polar surface area (TPSA) is 12.0 Å². The Bertz CT molecular complexity index is 380. The first-order valence-electron chi connectivity index (χ1n) is 6.29. The lowest BCUT2D eigenvalue weighted by molar-refractivity contribution is 0.374. The van der Waals surface area contributed by atoms with Gasteiger partial charge in [0.1, 0.15) is 5.82 Å². The molecule has 0 saturated heterocycles. The Balaban J connectivity index is 2.06. The molecule has 1 nitrogen and oxygen atoms in total. The van der Waals surface area contributed by atoms with Crippen LogP contribution in [0.5, 0.6) is 0 Å². The van der Waals surface area contributed by atoms with Crippen LogP contribution in [-0.2, 0) is 6.42 Å². The number of hydrogen-bond acceptors (Lipinski definition) is 1. The van der Waals surface area contributed by atoms with Crippen molar-refractivity contribution >= 4 is 15.9 Å². The van der Waals surface area contributed by atoms with Crippen LogP contribution in [0.15, 0.2) is 22.7 Å². The van der Waals surface area contributed by atoms with E-state index in [-0.39, 0.29) is 5.82 Å². The minimum absolute atomic E-state index is 0.133. The van der Waals surface area contributed by atoms with Crippen LogP contribution >= 0.6 is 15.9 Å². The highest BCUT2D eigenvalue weighted by molar-refractivity contribution is 9.10. The Morgan fingerprint density at radius 3 is 2.88 bits per heavy atom. The molecular weight excluding hydrogens is 281 g/mol. The highest BCUT2D eigenvalue weighted by Gasteiger charge is 2.27. The number of hydrogen-bond donors (Lipinski definition) is 1. The number of rotatable bonds is 4.